The van der Waals surface area contributed by atoms with E-state index >= 15 is 0 Å². The molecule has 0 spiro atoms. The van der Waals surface area contributed by atoms with E-state index < -0.39 is 0 Å². The molecule has 0 radical (unpaired) electrons. The molecule has 3 heterocycles. The predicted octanol–water partition coefficient (Wildman–Crippen LogP) is 2.00. The maximum atomic E-state index is 14.0. The molecule has 1 saturated heterocycles. The van der Waals surface area contributed by atoms with Crippen molar-refractivity contribution >= 4 is 5.91 Å². The van der Waals surface area contributed by atoms with Gasteiger partial charge in [-0.15, -0.1) is 10.2 Å². The number of nitrogens with zero attached hydrogens (tertiary/aromatic N) is 4. The van der Waals surface area contributed by atoms with Crippen molar-refractivity contribution in [1.82, 2.24) is 25.0 Å². The van der Waals surface area contributed by atoms with E-state index in [1.54, 1.807) is 6.07 Å². The van der Waals surface area contributed by atoms with Crippen molar-refractivity contribution in [3.63, 3.8) is 0 Å². The van der Waals surface area contributed by atoms with Crippen LogP contribution in [-0.4, -0.2) is 44.7 Å². The fraction of sp³-hybridized carbons (Fsp3) is 0.550. The zero-order valence-electron chi connectivity index (χ0n) is 15.3. The molecule has 1 amide bonds. The Morgan fingerprint density at radius 2 is 1.96 bits per heavy atom. The van der Waals surface area contributed by atoms with Crippen molar-refractivity contribution in [2.75, 3.05) is 13.1 Å². The predicted molar refractivity (Wildman–Crippen MR) is 97.5 cm³/mol. The van der Waals surface area contributed by atoms with Gasteiger partial charge in [-0.2, -0.15) is 0 Å². The van der Waals surface area contributed by atoms with E-state index in [0.717, 1.165) is 50.3 Å². The average Bonchev–Trinajstić information content (AvgIpc) is 3.20. The van der Waals surface area contributed by atoms with Gasteiger partial charge < -0.3 is 9.88 Å². The van der Waals surface area contributed by atoms with E-state index in [1.807, 2.05) is 16.7 Å². The van der Waals surface area contributed by atoms with Crippen molar-refractivity contribution in [2.45, 2.75) is 44.8 Å². The van der Waals surface area contributed by atoms with Crippen LogP contribution in [0.15, 0.2) is 24.3 Å². The zero-order chi connectivity index (χ0) is 18.4. The summed E-state index contributed by atoms with van der Waals surface area (Å²) < 4.78 is 16.0. The smallest absolute Gasteiger partial charge is 0.289 e. The molecular formula is C20H24FN5O. The molecule has 1 saturated carbocycles. The van der Waals surface area contributed by atoms with Crippen LogP contribution in [0.1, 0.15) is 41.3 Å². The van der Waals surface area contributed by atoms with Crippen molar-refractivity contribution < 1.29 is 9.18 Å². The largest absolute Gasteiger partial charge is 0.347 e. The number of likely N-dealkylation sites (tertiary alicyclic amines) is 1. The Bertz CT molecular complexity index is 862. The summed E-state index contributed by atoms with van der Waals surface area (Å²) in [6.07, 6.45) is 4.14. The molecule has 142 valence electrons. The van der Waals surface area contributed by atoms with Crippen molar-refractivity contribution in [3.8, 4) is 0 Å². The molecule has 6 nitrogen and oxygen atoms in total. The number of rotatable bonds is 4. The van der Waals surface area contributed by atoms with Gasteiger partial charge >= 0.3 is 0 Å². The molecule has 2 aliphatic heterocycles. The lowest BCUT2D eigenvalue weighted by molar-refractivity contribution is 0.0898. The Hall–Kier alpha value is -2.28. The lowest BCUT2D eigenvalue weighted by Crippen LogP contribution is -2.41. The fourth-order valence-corrected chi connectivity index (χ4v) is 4.59. The number of hydrogen-bond donors (Lipinski definition) is 1. The highest BCUT2D eigenvalue weighted by Crippen LogP contribution is 2.33. The standard InChI is InChI=1S/C20H24FN5O/c21-17-7-2-1-4-13(17)9-25-10-14-8-18-23-24-19(26(18)12-15(14)11-25)20(27)22-16-5-3-6-16/h1-2,4,7,14-16H,3,5-6,8-12H2,(H,22,27). The van der Waals surface area contributed by atoms with Crippen LogP contribution < -0.4 is 5.32 Å². The third-order valence-corrected chi connectivity index (χ3v) is 6.34. The van der Waals surface area contributed by atoms with E-state index in [9.17, 15) is 9.18 Å². The van der Waals surface area contributed by atoms with Gasteiger partial charge in [0, 0.05) is 44.2 Å². The van der Waals surface area contributed by atoms with E-state index in [2.05, 4.69) is 20.4 Å². The molecule has 2 aromatic rings. The molecule has 1 N–H and O–H groups in total. The maximum Gasteiger partial charge on any atom is 0.289 e. The summed E-state index contributed by atoms with van der Waals surface area (Å²) in [7, 11) is 0. The topological polar surface area (TPSA) is 63.1 Å². The molecular weight excluding hydrogens is 345 g/mol. The summed E-state index contributed by atoms with van der Waals surface area (Å²) in [6.45, 7) is 3.26. The monoisotopic (exact) mass is 369 g/mol. The van der Waals surface area contributed by atoms with Crippen LogP contribution in [-0.2, 0) is 19.5 Å². The van der Waals surface area contributed by atoms with Crippen LogP contribution in [0.2, 0.25) is 0 Å². The maximum absolute atomic E-state index is 14.0. The molecule has 5 rings (SSSR count). The molecule has 27 heavy (non-hydrogen) atoms. The zero-order valence-corrected chi connectivity index (χ0v) is 15.3. The second-order valence-corrected chi connectivity index (χ2v) is 8.16. The van der Waals surface area contributed by atoms with Crippen LogP contribution in [0.5, 0.6) is 0 Å². The summed E-state index contributed by atoms with van der Waals surface area (Å²) in [6, 6.07) is 7.28. The average molecular weight is 369 g/mol. The van der Waals surface area contributed by atoms with E-state index in [4.69, 9.17) is 0 Å². The Labute approximate surface area is 157 Å². The highest BCUT2D eigenvalue weighted by Gasteiger charge is 2.39. The minimum atomic E-state index is -0.139. The first-order chi connectivity index (χ1) is 13.2. The number of amides is 1. The fourth-order valence-electron chi connectivity index (χ4n) is 4.59. The number of carbonyl (C=O) groups excluding carboxylic acids is 1. The third kappa shape index (κ3) is 3.14. The summed E-state index contributed by atoms with van der Waals surface area (Å²) >= 11 is 0. The van der Waals surface area contributed by atoms with Gasteiger partial charge in [0.05, 0.1) is 0 Å². The number of nitrogens with one attached hydrogen (secondary N) is 1. The number of aromatic nitrogens is 3. The summed E-state index contributed by atoms with van der Waals surface area (Å²) in [5, 5.41) is 11.5. The second kappa shape index (κ2) is 6.71. The van der Waals surface area contributed by atoms with Gasteiger partial charge in [0.2, 0.25) is 5.82 Å². The van der Waals surface area contributed by atoms with E-state index in [0.29, 0.717) is 30.2 Å². The first-order valence-electron chi connectivity index (χ1n) is 9.86. The molecule has 1 aliphatic carbocycles. The highest BCUT2D eigenvalue weighted by atomic mass is 19.1. The van der Waals surface area contributed by atoms with Gasteiger partial charge in [-0.1, -0.05) is 18.2 Å². The molecule has 2 unspecified atom stereocenters. The van der Waals surface area contributed by atoms with E-state index in [-0.39, 0.29) is 11.7 Å². The van der Waals surface area contributed by atoms with Crippen LogP contribution in [0.3, 0.4) is 0 Å². The first kappa shape index (κ1) is 16.9. The SMILES string of the molecule is O=C(NC1CCC1)c1nnc2n1CC1CN(Cc3ccccc3F)CC1C2. The summed E-state index contributed by atoms with van der Waals surface area (Å²) in [5.41, 5.74) is 0.746. The minimum Gasteiger partial charge on any atom is -0.347 e. The van der Waals surface area contributed by atoms with Crippen molar-refractivity contribution in [1.29, 1.82) is 0 Å². The Morgan fingerprint density at radius 1 is 1.15 bits per heavy atom. The number of halogens is 1. The molecule has 0 bridgehead atoms. The Morgan fingerprint density at radius 3 is 2.74 bits per heavy atom. The molecule has 3 aliphatic rings. The minimum absolute atomic E-state index is 0.0990. The number of carbonyl (C=O) groups is 1. The van der Waals surface area contributed by atoms with Gasteiger partial charge in [-0.3, -0.25) is 9.69 Å². The van der Waals surface area contributed by atoms with Crippen LogP contribution >= 0.6 is 0 Å². The Balaban J connectivity index is 1.27. The highest BCUT2D eigenvalue weighted by molar-refractivity contribution is 5.91. The normalized spacial score (nSPS) is 24.9. The van der Waals surface area contributed by atoms with Crippen molar-refractivity contribution in [3.05, 3.63) is 47.3 Å². The van der Waals surface area contributed by atoms with Gasteiger partial charge in [0.15, 0.2) is 0 Å². The Kier molecular flexibility index (Phi) is 4.19. The molecule has 1 aromatic heterocycles. The second-order valence-electron chi connectivity index (χ2n) is 8.16. The first-order valence-corrected chi connectivity index (χ1v) is 9.86. The van der Waals surface area contributed by atoms with Crippen molar-refractivity contribution in [2.24, 2.45) is 11.8 Å². The van der Waals surface area contributed by atoms with Crippen LogP contribution in [0, 0.1) is 17.7 Å². The third-order valence-electron chi connectivity index (χ3n) is 6.34. The molecule has 7 heteroatoms. The van der Waals surface area contributed by atoms with Gasteiger partial charge in [-0.05, 0) is 37.2 Å². The number of fused-ring (bicyclic) bond motifs is 2. The van der Waals surface area contributed by atoms with Crippen LogP contribution in [0.25, 0.3) is 0 Å². The molecule has 2 atom stereocenters. The summed E-state index contributed by atoms with van der Waals surface area (Å²) in [4.78, 5) is 14.9. The molecule has 2 fully saturated rings. The van der Waals surface area contributed by atoms with Gasteiger partial charge in [-0.25, -0.2) is 4.39 Å². The number of hydrogen-bond acceptors (Lipinski definition) is 4. The van der Waals surface area contributed by atoms with Crippen LogP contribution in [0.4, 0.5) is 4.39 Å². The summed E-state index contributed by atoms with van der Waals surface area (Å²) in [5.74, 6) is 2.06. The molecule has 1 aromatic carbocycles. The van der Waals surface area contributed by atoms with Gasteiger partial charge in [0.25, 0.3) is 5.91 Å². The number of benzene rings is 1. The quantitative estimate of drug-likeness (QED) is 0.896. The lowest BCUT2D eigenvalue weighted by Gasteiger charge is -2.28. The van der Waals surface area contributed by atoms with Gasteiger partial charge in [0.1, 0.15) is 11.6 Å². The van der Waals surface area contributed by atoms with E-state index in [1.165, 1.54) is 12.5 Å². The lowest BCUT2D eigenvalue weighted by atomic mass is 9.89.